The van der Waals surface area contributed by atoms with Gasteiger partial charge in [0.05, 0.1) is 5.69 Å². The Labute approximate surface area is 135 Å². The third kappa shape index (κ3) is 3.49. The zero-order chi connectivity index (χ0) is 16.2. The number of aromatic nitrogens is 3. The predicted octanol–water partition coefficient (Wildman–Crippen LogP) is 1.73. The number of hydrogen-bond donors (Lipinski definition) is 1. The lowest BCUT2D eigenvalue weighted by Gasteiger charge is -2.32. The van der Waals surface area contributed by atoms with E-state index in [1.54, 1.807) is 25.4 Å². The Morgan fingerprint density at radius 2 is 2.22 bits per heavy atom. The molecule has 3 heterocycles. The molecular formula is C16H21N5O2. The van der Waals surface area contributed by atoms with Crippen LogP contribution in [0.4, 0.5) is 5.95 Å². The molecule has 0 aliphatic carbocycles. The molecule has 122 valence electrons. The topological polar surface area (TPSA) is 84.2 Å². The van der Waals surface area contributed by atoms with Crippen LogP contribution in [0.5, 0.6) is 0 Å². The van der Waals surface area contributed by atoms with E-state index in [-0.39, 0.29) is 11.9 Å². The third-order valence-electron chi connectivity index (χ3n) is 3.94. The predicted molar refractivity (Wildman–Crippen MR) is 85.4 cm³/mol. The molecular weight excluding hydrogens is 294 g/mol. The average Bonchev–Trinajstić information content (AvgIpc) is 2.97. The molecule has 1 atom stereocenters. The lowest BCUT2D eigenvalue weighted by Crippen LogP contribution is -2.48. The molecule has 7 heteroatoms. The number of piperidine rings is 1. The van der Waals surface area contributed by atoms with Crippen LogP contribution in [0, 0.1) is 6.92 Å². The fraction of sp³-hybridized carbons (Fsp3) is 0.500. The first kappa shape index (κ1) is 15.5. The summed E-state index contributed by atoms with van der Waals surface area (Å²) in [5, 5.41) is 3.04. The molecule has 1 aliphatic rings. The minimum Gasteiger partial charge on any atom is -0.435 e. The van der Waals surface area contributed by atoms with Gasteiger partial charge in [-0.25, -0.2) is 15.0 Å². The molecule has 1 N–H and O–H groups in total. The van der Waals surface area contributed by atoms with Crippen LogP contribution < -0.4 is 10.2 Å². The second-order valence-corrected chi connectivity index (χ2v) is 5.68. The van der Waals surface area contributed by atoms with E-state index in [2.05, 4.69) is 25.2 Å². The van der Waals surface area contributed by atoms with E-state index in [1.807, 2.05) is 6.92 Å². The van der Waals surface area contributed by atoms with Crippen molar-refractivity contribution in [2.45, 2.75) is 39.2 Å². The second-order valence-electron chi connectivity index (χ2n) is 5.68. The number of hydrogen-bond acceptors (Lipinski definition) is 6. The summed E-state index contributed by atoms with van der Waals surface area (Å²) in [6, 6.07) is 1.85. The maximum atomic E-state index is 12.4. The van der Waals surface area contributed by atoms with E-state index in [0.29, 0.717) is 36.3 Å². The maximum absolute atomic E-state index is 12.4. The van der Waals surface area contributed by atoms with Gasteiger partial charge in [0.25, 0.3) is 5.91 Å². The smallest absolute Gasteiger partial charge is 0.289 e. The van der Waals surface area contributed by atoms with Crippen molar-refractivity contribution in [1.82, 2.24) is 20.3 Å². The van der Waals surface area contributed by atoms with Gasteiger partial charge >= 0.3 is 0 Å². The highest BCUT2D eigenvalue weighted by molar-refractivity contribution is 5.92. The monoisotopic (exact) mass is 315 g/mol. The van der Waals surface area contributed by atoms with Crippen LogP contribution in [0.1, 0.15) is 41.9 Å². The minimum atomic E-state index is -0.199. The van der Waals surface area contributed by atoms with E-state index < -0.39 is 0 Å². The fourth-order valence-corrected chi connectivity index (χ4v) is 2.80. The number of nitrogens with one attached hydrogen (secondary N) is 1. The van der Waals surface area contributed by atoms with Crippen molar-refractivity contribution < 1.29 is 9.21 Å². The summed E-state index contributed by atoms with van der Waals surface area (Å²) >= 11 is 0. The van der Waals surface area contributed by atoms with Crippen molar-refractivity contribution in [1.29, 1.82) is 0 Å². The quantitative estimate of drug-likeness (QED) is 0.925. The zero-order valence-electron chi connectivity index (χ0n) is 13.5. The van der Waals surface area contributed by atoms with E-state index in [9.17, 15) is 4.79 Å². The standard InChI is InChI=1S/C16H21N5O2/c1-3-13-19-11(2)14(23-13)15(22)20-12-6-4-9-21(10-12)16-17-7-5-8-18-16/h5,7-8,12H,3-4,6,9-10H2,1-2H3,(H,20,22)/t12-/m1/s1. The highest BCUT2D eigenvalue weighted by Crippen LogP contribution is 2.17. The molecule has 23 heavy (non-hydrogen) atoms. The van der Waals surface area contributed by atoms with E-state index in [1.165, 1.54) is 0 Å². The van der Waals surface area contributed by atoms with Gasteiger partial charge < -0.3 is 14.6 Å². The summed E-state index contributed by atoms with van der Waals surface area (Å²) in [5.74, 6) is 1.41. The molecule has 0 aromatic carbocycles. The summed E-state index contributed by atoms with van der Waals surface area (Å²) in [6.45, 7) is 5.34. The van der Waals surface area contributed by atoms with Crippen molar-refractivity contribution in [3.8, 4) is 0 Å². The SMILES string of the molecule is CCc1nc(C)c(C(=O)N[C@@H]2CCCN(c3ncccn3)C2)o1. The highest BCUT2D eigenvalue weighted by atomic mass is 16.4. The number of carbonyl (C=O) groups excluding carboxylic acids is 1. The maximum Gasteiger partial charge on any atom is 0.289 e. The van der Waals surface area contributed by atoms with Crippen molar-refractivity contribution in [2.24, 2.45) is 0 Å². The lowest BCUT2D eigenvalue weighted by molar-refractivity contribution is 0.0902. The van der Waals surface area contributed by atoms with Gasteiger partial charge in [0.1, 0.15) is 0 Å². The number of anilines is 1. The van der Waals surface area contributed by atoms with Crippen LogP contribution >= 0.6 is 0 Å². The summed E-state index contributed by atoms with van der Waals surface area (Å²) in [7, 11) is 0. The zero-order valence-corrected chi connectivity index (χ0v) is 13.5. The van der Waals surface area contributed by atoms with Gasteiger partial charge in [-0.15, -0.1) is 0 Å². The Hall–Kier alpha value is -2.44. The number of oxazole rings is 1. The molecule has 0 unspecified atom stereocenters. The van der Waals surface area contributed by atoms with E-state index >= 15 is 0 Å². The van der Waals surface area contributed by atoms with E-state index in [4.69, 9.17) is 4.42 Å². The fourth-order valence-electron chi connectivity index (χ4n) is 2.80. The van der Waals surface area contributed by atoms with Gasteiger partial charge in [-0.2, -0.15) is 0 Å². The Kier molecular flexibility index (Phi) is 4.55. The van der Waals surface area contributed by atoms with Gasteiger partial charge in [0.2, 0.25) is 11.7 Å². The number of carbonyl (C=O) groups is 1. The van der Waals surface area contributed by atoms with Crippen LogP contribution in [-0.4, -0.2) is 40.0 Å². The van der Waals surface area contributed by atoms with Gasteiger partial charge in [0, 0.05) is 37.9 Å². The van der Waals surface area contributed by atoms with Crippen LogP contribution in [0.25, 0.3) is 0 Å². The number of nitrogens with zero attached hydrogens (tertiary/aromatic N) is 4. The first-order valence-electron chi connectivity index (χ1n) is 7.96. The first-order valence-corrected chi connectivity index (χ1v) is 7.96. The Morgan fingerprint density at radius 1 is 1.43 bits per heavy atom. The van der Waals surface area contributed by atoms with Gasteiger partial charge in [0.15, 0.2) is 5.89 Å². The Morgan fingerprint density at radius 3 is 2.91 bits per heavy atom. The Bertz CT molecular complexity index is 670. The molecule has 0 spiro atoms. The molecule has 2 aromatic rings. The minimum absolute atomic E-state index is 0.0506. The van der Waals surface area contributed by atoms with Crippen molar-refractivity contribution in [2.75, 3.05) is 18.0 Å². The Balaban J connectivity index is 1.65. The molecule has 0 bridgehead atoms. The normalized spacial score (nSPS) is 18.0. The summed E-state index contributed by atoms with van der Waals surface area (Å²) in [6.07, 6.45) is 6.06. The molecule has 1 aliphatic heterocycles. The van der Waals surface area contributed by atoms with E-state index in [0.717, 1.165) is 19.4 Å². The highest BCUT2D eigenvalue weighted by Gasteiger charge is 2.25. The number of amides is 1. The molecule has 1 fully saturated rings. The number of aryl methyl sites for hydroxylation is 2. The first-order chi connectivity index (χ1) is 11.2. The second kappa shape index (κ2) is 6.76. The molecule has 2 aromatic heterocycles. The van der Waals surface area contributed by atoms with Crippen molar-refractivity contribution in [3.63, 3.8) is 0 Å². The van der Waals surface area contributed by atoms with Crippen molar-refractivity contribution in [3.05, 3.63) is 35.8 Å². The van der Waals surface area contributed by atoms with Crippen molar-refractivity contribution >= 4 is 11.9 Å². The third-order valence-corrected chi connectivity index (χ3v) is 3.94. The van der Waals surface area contributed by atoms with Gasteiger partial charge in [-0.3, -0.25) is 4.79 Å². The molecule has 7 nitrogen and oxygen atoms in total. The van der Waals surface area contributed by atoms with Crippen LogP contribution in [0.2, 0.25) is 0 Å². The van der Waals surface area contributed by atoms with Crippen LogP contribution in [-0.2, 0) is 6.42 Å². The molecule has 0 radical (unpaired) electrons. The molecule has 3 rings (SSSR count). The summed E-state index contributed by atoms with van der Waals surface area (Å²) in [4.78, 5) is 27.3. The van der Waals surface area contributed by atoms with Gasteiger partial charge in [-0.05, 0) is 25.8 Å². The van der Waals surface area contributed by atoms with Crippen LogP contribution in [0.3, 0.4) is 0 Å². The van der Waals surface area contributed by atoms with Gasteiger partial charge in [-0.1, -0.05) is 6.92 Å². The van der Waals surface area contributed by atoms with Crippen LogP contribution in [0.15, 0.2) is 22.9 Å². The average molecular weight is 315 g/mol. The molecule has 1 saturated heterocycles. The summed E-state index contributed by atoms with van der Waals surface area (Å²) < 4.78 is 5.52. The lowest BCUT2D eigenvalue weighted by atomic mass is 10.1. The largest absolute Gasteiger partial charge is 0.435 e. The number of rotatable bonds is 4. The summed E-state index contributed by atoms with van der Waals surface area (Å²) in [5.41, 5.74) is 0.637. The molecule has 1 amide bonds. The molecule has 0 saturated carbocycles.